The van der Waals surface area contributed by atoms with Gasteiger partial charge in [0.2, 0.25) is 5.91 Å². The molecule has 1 heterocycles. The standard InChI is InChI=1S/C16H22Cl2N2O2/c17-13-3-2-12(15(18)11-13)10-16(21)20-7-4-14(5-8-20)22-9-1-6-19/h2-3,11,14H,1,4-10,19H2. The summed E-state index contributed by atoms with van der Waals surface area (Å²) in [5.41, 5.74) is 6.27. The van der Waals surface area contributed by atoms with E-state index >= 15 is 0 Å². The number of rotatable bonds is 6. The molecule has 1 amide bonds. The molecule has 2 rings (SSSR count). The van der Waals surface area contributed by atoms with Gasteiger partial charge in [0.15, 0.2) is 0 Å². The highest BCUT2D eigenvalue weighted by molar-refractivity contribution is 6.35. The van der Waals surface area contributed by atoms with Gasteiger partial charge in [0.05, 0.1) is 12.5 Å². The molecule has 22 heavy (non-hydrogen) atoms. The van der Waals surface area contributed by atoms with Gasteiger partial charge in [0.1, 0.15) is 0 Å². The van der Waals surface area contributed by atoms with Crippen LogP contribution in [0.5, 0.6) is 0 Å². The topological polar surface area (TPSA) is 55.6 Å². The number of ether oxygens (including phenoxy) is 1. The minimum Gasteiger partial charge on any atom is -0.378 e. The average molecular weight is 345 g/mol. The number of halogens is 2. The number of likely N-dealkylation sites (tertiary alicyclic amines) is 1. The molecular weight excluding hydrogens is 323 g/mol. The normalized spacial score (nSPS) is 16.0. The molecule has 1 fully saturated rings. The van der Waals surface area contributed by atoms with Crippen molar-refractivity contribution in [2.75, 3.05) is 26.2 Å². The van der Waals surface area contributed by atoms with Gasteiger partial charge in [-0.25, -0.2) is 0 Å². The van der Waals surface area contributed by atoms with Crippen LogP contribution in [0.2, 0.25) is 10.0 Å². The highest BCUT2D eigenvalue weighted by Gasteiger charge is 2.23. The Morgan fingerprint density at radius 3 is 2.68 bits per heavy atom. The summed E-state index contributed by atoms with van der Waals surface area (Å²) in [5.74, 6) is 0.102. The summed E-state index contributed by atoms with van der Waals surface area (Å²) in [4.78, 5) is 14.2. The molecule has 1 aliphatic rings. The Bertz CT molecular complexity index is 503. The fraction of sp³-hybridized carbons (Fsp3) is 0.562. The molecule has 1 saturated heterocycles. The quantitative estimate of drug-likeness (QED) is 0.807. The number of carbonyl (C=O) groups is 1. The van der Waals surface area contributed by atoms with E-state index in [1.807, 2.05) is 11.0 Å². The monoisotopic (exact) mass is 344 g/mol. The number of benzene rings is 1. The van der Waals surface area contributed by atoms with E-state index in [9.17, 15) is 4.79 Å². The summed E-state index contributed by atoms with van der Waals surface area (Å²) in [7, 11) is 0. The lowest BCUT2D eigenvalue weighted by Crippen LogP contribution is -2.41. The first-order valence-electron chi connectivity index (χ1n) is 7.63. The third-order valence-electron chi connectivity index (χ3n) is 3.85. The van der Waals surface area contributed by atoms with Crippen LogP contribution in [-0.4, -0.2) is 43.2 Å². The van der Waals surface area contributed by atoms with Crippen LogP contribution in [0.15, 0.2) is 18.2 Å². The van der Waals surface area contributed by atoms with Gasteiger partial charge in [-0.1, -0.05) is 29.3 Å². The van der Waals surface area contributed by atoms with Crippen LogP contribution in [0.3, 0.4) is 0 Å². The molecule has 0 aromatic heterocycles. The molecule has 0 saturated carbocycles. The van der Waals surface area contributed by atoms with Crippen molar-refractivity contribution in [1.29, 1.82) is 0 Å². The van der Waals surface area contributed by atoms with Crippen molar-refractivity contribution in [3.8, 4) is 0 Å². The molecule has 0 unspecified atom stereocenters. The molecule has 6 heteroatoms. The van der Waals surface area contributed by atoms with Crippen molar-refractivity contribution in [3.05, 3.63) is 33.8 Å². The predicted octanol–water partition coefficient (Wildman–Crippen LogP) is 2.89. The Balaban J connectivity index is 1.80. The van der Waals surface area contributed by atoms with Crippen molar-refractivity contribution in [2.45, 2.75) is 31.8 Å². The number of hydrogen-bond donors (Lipinski definition) is 1. The van der Waals surface area contributed by atoms with Crippen molar-refractivity contribution in [2.24, 2.45) is 5.73 Å². The minimum atomic E-state index is 0.102. The molecule has 1 aromatic carbocycles. The fourth-order valence-corrected chi connectivity index (χ4v) is 3.02. The summed E-state index contributed by atoms with van der Waals surface area (Å²) in [6.45, 7) is 2.82. The maximum absolute atomic E-state index is 12.3. The molecular formula is C16H22Cl2N2O2. The van der Waals surface area contributed by atoms with E-state index < -0.39 is 0 Å². The zero-order valence-electron chi connectivity index (χ0n) is 12.6. The molecule has 0 aliphatic carbocycles. The van der Waals surface area contributed by atoms with E-state index in [1.165, 1.54) is 0 Å². The van der Waals surface area contributed by atoms with Gasteiger partial charge in [0, 0.05) is 29.7 Å². The number of nitrogens with two attached hydrogens (primary N) is 1. The van der Waals surface area contributed by atoms with Crippen LogP contribution in [0, 0.1) is 0 Å². The van der Waals surface area contributed by atoms with Crippen molar-refractivity contribution < 1.29 is 9.53 Å². The number of carbonyl (C=O) groups excluding carboxylic acids is 1. The van der Waals surface area contributed by atoms with Gasteiger partial charge in [0.25, 0.3) is 0 Å². The molecule has 0 bridgehead atoms. The highest BCUT2D eigenvalue weighted by Crippen LogP contribution is 2.22. The second kappa shape index (κ2) is 8.73. The third kappa shape index (κ3) is 5.13. The van der Waals surface area contributed by atoms with Gasteiger partial charge in [-0.15, -0.1) is 0 Å². The molecule has 0 radical (unpaired) electrons. The van der Waals surface area contributed by atoms with Crippen molar-refractivity contribution >= 4 is 29.1 Å². The zero-order valence-corrected chi connectivity index (χ0v) is 14.1. The lowest BCUT2D eigenvalue weighted by molar-refractivity contribution is -0.133. The summed E-state index contributed by atoms with van der Waals surface area (Å²) in [6, 6.07) is 5.24. The van der Waals surface area contributed by atoms with Crippen LogP contribution in [0.4, 0.5) is 0 Å². The van der Waals surface area contributed by atoms with Crippen LogP contribution < -0.4 is 5.73 Å². The van der Waals surface area contributed by atoms with Gasteiger partial charge < -0.3 is 15.4 Å². The van der Waals surface area contributed by atoms with Crippen LogP contribution in [0.1, 0.15) is 24.8 Å². The van der Waals surface area contributed by atoms with Gasteiger partial charge >= 0.3 is 0 Å². The Labute approximate surface area is 141 Å². The maximum Gasteiger partial charge on any atom is 0.227 e. The van der Waals surface area contributed by atoms with Gasteiger partial charge in [-0.05, 0) is 43.5 Å². The van der Waals surface area contributed by atoms with E-state index in [-0.39, 0.29) is 12.0 Å². The van der Waals surface area contributed by atoms with E-state index in [2.05, 4.69) is 0 Å². The summed E-state index contributed by atoms with van der Waals surface area (Å²) in [5, 5.41) is 1.12. The summed E-state index contributed by atoms with van der Waals surface area (Å²) < 4.78 is 5.75. The number of piperidine rings is 1. The largest absolute Gasteiger partial charge is 0.378 e. The summed E-state index contributed by atoms with van der Waals surface area (Å²) >= 11 is 12.0. The van der Waals surface area contributed by atoms with Crippen molar-refractivity contribution in [3.63, 3.8) is 0 Å². The second-order valence-electron chi connectivity index (χ2n) is 5.51. The van der Waals surface area contributed by atoms with E-state index in [4.69, 9.17) is 33.7 Å². The van der Waals surface area contributed by atoms with E-state index in [0.717, 1.165) is 37.9 Å². The predicted molar refractivity (Wildman–Crippen MR) is 89.4 cm³/mol. The molecule has 122 valence electrons. The first-order valence-corrected chi connectivity index (χ1v) is 8.39. The number of hydrogen-bond acceptors (Lipinski definition) is 3. The van der Waals surface area contributed by atoms with Crippen LogP contribution >= 0.6 is 23.2 Å². The Kier molecular flexibility index (Phi) is 6.96. The first-order chi connectivity index (χ1) is 10.6. The first kappa shape index (κ1) is 17.5. The van der Waals surface area contributed by atoms with Crippen LogP contribution in [-0.2, 0) is 16.0 Å². The lowest BCUT2D eigenvalue weighted by atomic mass is 10.1. The molecule has 2 N–H and O–H groups in total. The van der Waals surface area contributed by atoms with Gasteiger partial charge in [-0.3, -0.25) is 4.79 Å². The zero-order chi connectivity index (χ0) is 15.9. The fourth-order valence-electron chi connectivity index (χ4n) is 2.54. The smallest absolute Gasteiger partial charge is 0.227 e. The molecule has 4 nitrogen and oxygen atoms in total. The Hall–Kier alpha value is -0.810. The number of amides is 1. The maximum atomic E-state index is 12.3. The molecule has 1 aromatic rings. The minimum absolute atomic E-state index is 0.102. The lowest BCUT2D eigenvalue weighted by Gasteiger charge is -2.32. The molecule has 1 aliphatic heterocycles. The average Bonchev–Trinajstić information content (AvgIpc) is 2.51. The van der Waals surface area contributed by atoms with E-state index in [0.29, 0.717) is 29.6 Å². The SMILES string of the molecule is NCCCOC1CCN(C(=O)Cc2ccc(Cl)cc2Cl)CC1. The highest BCUT2D eigenvalue weighted by atomic mass is 35.5. The van der Waals surface area contributed by atoms with Crippen molar-refractivity contribution in [1.82, 2.24) is 4.90 Å². The second-order valence-corrected chi connectivity index (χ2v) is 6.35. The Morgan fingerprint density at radius 2 is 2.05 bits per heavy atom. The Morgan fingerprint density at radius 1 is 1.32 bits per heavy atom. The van der Waals surface area contributed by atoms with Crippen LogP contribution in [0.25, 0.3) is 0 Å². The van der Waals surface area contributed by atoms with E-state index in [1.54, 1.807) is 12.1 Å². The van der Waals surface area contributed by atoms with Gasteiger partial charge in [-0.2, -0.15) is 0 Å². The number of nitrogens with zero attached hydrogens (tertiary/aromatic N) is 1. The summed E-state index contributed by atoms with van der Waals surface area (Å²) in [6.07, 6.45) is 3.20. The molecule has 0 atom stereocenters. The molecule has 0 spiro atoms. The third-order valence-corrected chi connectivity index (χ3v) is 4.44.